The van der Waals surface area contributed by atoms with Crippen molar-refractivity contribution in [3.63, 3.8) is 0 Å². The molecular weight excluding hydrogens is 288 g/mol. The van der Waals surface area contributed by atoms with Crippen molar-refractivity contribution in [2.45, 2.75) is 18.6 Å². The summed E-state index contributed by atoms with van der Waals surface area (Å²) < 4.78 is 1.54. The molecule has 2 aromatic heterocycles. The molecule has 9 nitrogen and oxygen atoms in total. The van der Waals surface area contributed by atoms with Crippen molar-refractivity contribution < 1.29 is 10.2 Å². The second-order valence-electron chi connectivity index (χ2n) is 5.31. The molecule has 0 aliphatic heterocycles. The Labute approximate surface area is 124 Å². The zero-order chi connectivity index (χ0) is 16.1. The van der Waals surface area contributed by atoms with E-state index in [1.54, 1.807) is 4.57 Å². The van der Waals surface area contributed by atoms with Crippen molar-refractivity contribution in [1.29, 1.82) is 5.26 Å². The molecule has 3 rings (SSSR count). The number of H-pyrrole nitrogens is 1. The standard InChI is InChI=1S/C13H14N6O3/c1-6-7(2-8(21)13(6,3-14)4-20)19-5-16-9-10(19)17-12(15)18-11(9)22/h5,7-8,20-21H,1-2,4H2,(H3,15,17,18,22)/t7-,8-,13-/m0/s1. The van der Waals surface area contributed by atoms with Gasteiger partial charge in [-0.25, -0.2) is 4.98 Å². The number of nitriles is 1. The molecular formula is C13H14N6O3. The van der Waals surface area contributed by atoms with Gasteiger partial charge in [-0.15, -0.1) is 0 Å². The van der Waals surface area contributed by atoms with Crippen molar-refractivity contribution in [3.05, 3.63) is 28.8 Å². The van der Waals surface area contributed by atoms with Gasteiger partial charge in [0.1, 0.15) is 5.41 Å². The third-order valence-corrected chi connectivity index (χ3v) is 4.23. The van der Waals surface area contributed by atoms with Crippen LogP contribution in [0.25, 0.3) is 11.2 Å². The Bertz CT molecular complexity index is 863. The molecule has 2 heterocycles. The highest BCUT2D eigenvalue weighted by molar-refractivity contribution is 5.71. The first-order chi connectivity index (χ1) is 10.4. The number of imidazole rings is 1. The lowest BCUT2D eigenvalue weighted by molar-refractivity contribution is 0.0623. The van der Waals surface area contributed by atoms with Crippen LogP contribution in [-0.2, 0) is 0 Å². The molecule has 0 radical (unpaired) electrons. The van der Waals surface area contributed by atoms with Crippen LogP contribution in [0.15, 0.2) is 23.3 Å². The lowest BCUT2D eigenvalue weighted by Crippen LogP contribution is -2.33. The highest BCUT2D eigenvalue weighted by Crippen LogP contribution is 2.48. The number of aliphatic hydroxyl groups is 2. The van der Waals surface area contributed by atoms with Crippen LogP contribution in [0.5, 0.6) is 0 Å². The highest BCUT2D eigenvalue weighted by Gasteiger charge is 2.51. The Morgan fingerprint density at radius 3 is 3.00 bits per heavy atom. The van der Waals surface area contributed by atoms with Crippen LogP contribution in [0.2, 0.25) is 0 Å². The number of hydrogen-bond donors (Lipinski definition) is 4. The Morgan fingerprint density at radius 2 is 2.41 bits per heavy atom. The van der Waals surface area contributed by atoms with Gasteiger partial charge in [0, 0.05) is 0 Å². The van der Waals surface area contributed by atoms with Gasteiger partial charge in [0.15, 0.2) is 11.2 Å². The van der Waals surface area contributed by atoms with Crippen LogP contribution in [0, 0.1) is 16.7 Å². The number of nitrogen functional groups attached to an aromatic ring is 1. The summed E-state index contributed by atoms with van der Waals surface area (Å²) in [5.74, 6) is -0.0582. The Kier molecular flexibility index (Phi) is 3.01. The van der Waals surface area contributed by atoms with Gasteiger partial charge >= 0.3 is 0 Å². The van der Waals surface area contributed by atoms with E-state index in [1.165, 1.54) is 6.33 Å². The summed E-state index contributed by atoms with van der Waals surface area (Å²) in [5, 5.41) is 29.0. The molecule has 1 aliphatic carbocycles. The van der Waals surface area contributed by atoms with E-state index in [2.05, 4.69) is 21.5 Å². The molecule has 0 bridgehead atoms. The van der Waals surface area contributed by atoms with Crippen molar-refractivity contribution in [2.24, 2.45) is 5.41 Å². The molecule has 0 unspecified atom stereocenters. The van der Waals surface area contributed by atoms with Gasteiger partial charge in [-0.1, -0.05) is 6.58 Å². The predicted molar refractivity (Wildman–Crippen MR) is 76.5 cm³/mol. The Hall–Kier alpha value is -2.70. The lowest BCUT2D eigenvalue weighted by atomic mass is 9.83. The number of fused-ring (bicyclic) bond motifs is 1. The van der Waals surface area contributed by atoms with E-state index in [4.69, 9.17) is 5.73 Å². The average molecular weight is 302 g/mol. The van der Waals surface area contributed by atoms with E-state index in [0.717, 1.165) is 0 Å². The van der Waals surface area contributed by atoms with E-state index in [-0.39, 0.29) is 23.5 Å². The van der Waals surface area contributed by atoms with Crippen molar-refractivity contribution in [2.75, 3.05) is 12.3 Å². The van der Waals surface area contributed by atoms with Gasteiger partial charge in [0.05, 0.1) is 31.1 Å². The number of nitrogens with one attached hydrogen (secondary N) is 1. The summed E-state index contributed by atoms with van der Waals surface area (Å²) in [6.45, 7) is 3.31. The minimum atomic E-state index is -1.44. The molecule has 0 saturated heterocycles. The maximum Gasteiger partial charge on any atom is 0.280 e. The van der Waals surface area contributed by atoms with Crippen LogP contribution < -0.4 is 11.3 Å². The number of nitrogens with zero attached hydrogens (tertiary/aromatic N) is 4. The van der Waals surface area contributed by atoms with Crippen molar-refractivity contribution >= 4 is 17.1 Å². The summed E-state index contributed by atoms with van der Waals surface area (Å²) in [5.41, 5.74) is 4.34. The maximum atomic E-state index is 11.8. The van der Waals surface area contributed by atoms with Crippen LogP contribution in [0.3, 0.4) is 0 Å². The summed E-state index contributed by atoms with van der Waals surface area (Å²) in [6, 6.07) is 1.43. The molecule has 114 valence electrons. The molecule has 22 heavy (non-hydrogen) atoms. The highest BCUT2D eigenvalue weighted by atomic mass is 16.3. The smallest absolute Gasteiger partial charge is 0.280 e. The number of anilines is 1. The number of rotatable bonds is 2. The molecule has 3 atom stereocenters. The molecule has 0 aromatic carbocycles. The Balaban J connectivity index is 2.16. The lowest BCUT2D eigenvalue weighted by Gasteiger charge is -2.24. The van der Waals surface area contributed by atoms with E-state index < -0.39 is 29.7 Å². The second-order valence-corrected chi connectivity index (χ2v) is 5.31. The summed E-state index contributed by atoms with van der Waals surface area (Å²) in [4.78, 5) is 22.2. The van der Waals surface area contributed by atoms with Gasteiger partial charge in [-0.3, -0.25) is 9.78 Å². The number of hydrogen-bond acceptors (Lipinski definition) is 7. The number of nitrogens with two attached hydrogens (primary N) is 1. The average Bonchev–Trinajstić information content (AvgIpc) is 2.99. The van der Waals surface area contributed by atoms with Crippen LogP contribution >= 0.6 is 0 Å². The monoisotopic (exact) mass is 302 g/mol. The number of aromatic nitrogens is 4. The van der Waals surface area contributed by atoms with E-state index in [9.17, 15) is 20.3 Å². The van der Waals surface area contributed by atoms with Crippen LogP contribution in [0.4, 0.5) is 5.95 Å². The third kappa shape index (κ3) is 1.68. The fraction of sp³-hybridized carbons (Fsp3) is 0.385. The molecule has 0 spiro atoms. The fourth-order valence-corrected chi connectivity index (χ4v) is 2.91. The van der Waals surface area contributed by atoms with E-state index in [1.807, 2.05) is 6.07 Å². The van der Waals surface area contributed by atoms with Gasteiger partial charge in [0.2, 0.25) is 5.95 Å². The number of aromatic amines is 1. The quantitative estimate of drug-likeness (QED) is 0.522. The van der Waals surface area contributed by atoms with Crippen molar-refractivity contribution in [3.8, 4) is 6.07 Å². The summed E-state index contributed by atoms with van der Waals surface area (Å²) in [7, 11) is 0. The molecule has 2 aromatic rings. The van der Waals surface area contributed by atoms with Gasteiger partial charge < -0.3 is 20.5 Å². The summed E-state index contributed by atoms with van der Waals surface area (Å²) >= 11 is 0. The van der Waals surface area contributed by atoms with Gasteiger partial charge in [-0.05, 0) is 12.0 Å². The first kappa shape index (κ1) is 14.2. The van der Waals surface area contributed by atoms with Crippen molar-refractivity contribution in [1.82, 2.24) is 19.5 Å². The molecule has 1 saturated carbocycles. The third-order valence-electron chi connectivity index (χ3n) is 4.23. The normalized spacial score (nSPS) is 28.1. The molecule has 9 heteroatoms. The van der Waals surface area contributed by atoms with Gasteiger partial charge in [0.25, 0.3) is 5.56 Å². The minimum absolute atomic E-state index is 0.0582. The second kappa shape index (κ2) is 4.66. The molecule has 0 amide bonds. The molecule has 1 fully saturated rings. The van der Waals surface area contributed by atoms with Gasteiger partial charge in [-0.2, -0.15) is 10.2 Å². The van der Waals surface area contributed by atoms with Crippen LogP contribution in [0.1, 0.15) is 12.5 Å². The first-order valence-electron chi connectivity index (χ1n) is 6.56. The number of aliphatic hydroxyl groups excluding tert-OH is 2. The molecule has 5 N–H and O–H groups in total. The predicted octanol–water partition coefficient (Wildman–Crippen LogP) is -0.934. The first-order valence-corrected chi connectivity index (χ1v) is 6.56. The summed E-state index contributed by atoms with van der Waals surface area (Å²) in [6.07, 6.45) is 0.476. The minimum Gasteiger partial charge on any atom is -0.394 e. The zero-order valence-corrected chi connectivity index (χ0v) is 11.5. The van der Waals surface area contributed by atoms with Crippen LogP contribution in [-0.4, -0.2) is 42.4 Å². The maximum absolute atomic E-state index is 11.8. The SMILES string of the molecule is C=C1[C@@H](n2cnc3c(=O)[nH]c(N)nc32)C[C@H](O)[C@@]1(C#N)CO. The van der Waals surface area contributed by atoms with E-state index in [0.29, 0.717) is 5.57 Å². The molecule has 1 aliphatic rings. The Morgan fingerprint density at radius 1 is 1.68 bits per heavy atom. The fourth-order valence-electron chi connectivity index (χ4n) is 2.91. The largest absolute Gasteiger partial charge is 0.394 e. The zero-order valence-electron chi connectivity index (χ0n) is 11.5. The topological polar surface area (TPSA) is 154 Å². The van der Waals surface area contributed by atoms with E-state index >= 15 is 0 Å².